The van der Waals surface area contributed by atoms with E-state index in [-0.39, 0.29) is 14.2 Å². The molecule has 4 rings (SSSR count). The molecule has 0 spiro atoms. The average Bonchev–Trinajstić information content (AvgIpc) is 3.12. The van der Waals surface area contributed by atoms with E-state index in [2.05, 4.69) is 41.2 Å². The minimum Gasteiger partial charge on any atom is -0.307 e. The Morgan fingerprint density at radius 3 is 2.45 bits per heavy atom. The fourth-order valence-electron chi connectivity index (χ4n) is 3.68. The molecular formula is C23H21ClN4O3S2. The highest BCUT2D eigenvalue weighted by Gasteiger charge is 2.17. The number of halogens is 1. The number of fused-ring (bicyclic) bond motifs is 2. The average molecular weight is 501 g/mol. The molecule has 33 heavy (non-hydrogen) atoms. The molecule has 0 fully saturated rings. The van der Waals surface area contributed by atoms with Crippen LogP contribution in [0.25, 0.3) is 16.5 Å². The number of carbonyl (C=O) groups is 1. The van der Waals surface area contributed by atoms with Gasteiger partial charge < -0.3 is 5.32 Å². The number of benzene rings is 2. The molecule has 1 atom stereocenters. The zero-order chi connectivity index (χ0) is 23.7. The number of amides is 2. The van der Waals surface area contributed by atoms with Gasteiger partial charge in [0.05, 0.1) is 8.60 Å². The van der Waals surface area contributed by atoms with Gasteiger partial charge in [0, 0.05) is 36.0 Å². The highest BCUT2D eigenvalue weighted by Crippen LogP contribution is 2.27. The van der Waals surface area contributed by atoms with Crippen molar-refractivity contribution in [3.8, 4) is 5.69 Å². The topological polar surface area (TPSA) is 83.4 Å². The molecule has 10 heteroatoms. The molecule has 0 radical (unpaired) electrons. The number of hydrogen-bond acceptors (Lipinski definition) is 5. The van der Waals surface area contributed by atoms with Crippen molar-refractivity contribution in [1.29, 1.82) is 0 Å². The summed E-state index contributed by atoms with van der Waals surface area (Å²) in [4.78, 5) is 27.5. The Kier molecular flexibility index (Phi) is 6.76. The standard InChI is InChI=1S/C23H21ClN4O3S2/c1-14(24)32-15(2)33(31)26-23(30)25-19-4-6-20(7-5-19)28-9-8-16-10-17-12-27(3)13-18(17)11-21(16)22(28)29/h4-11H,1-2,12-13H2,3H3,(H2,25,26,30). The maximum Gasteiger partial charge on any atom is 0.331 e. The van der Waals surface area contributed by atoms with Crippen LogP contribution in [0.2, 0.25) is 0 Å². The summed E-state index contributed by atoms with van der Waals surface area (Å²) in [5.74, 6) is 0. The zero-order valence-corrected chi connectivity index (χ0v) is 20.1. The second-order valence-corrected chi connectivity index (χ2v) is 10.9. The maximum absolute atomic E-state index is 13.1. The van der Waals surface area contributed by atoms with Crippen molar-refractivity contribution in [2.45, 2.75) is 13.1 Å². The minimum atomic E-state index is -1.83. The van der Waals surface area contributed by atoms with Gasteiger partial charge in [-0.05, 0) is 66.0 Å². The lowest BCUT2D eigenvalue weighted by atomic mass is 10.0. The molecule has 1 unspecified atom stereocenters. The van der Waals surface area contributed by atoms with Crippen molar-refractivity contribution >= 4 is 56.8 Å². The van der Waals surface area contributed by atoms with Crippen molar-refractivity contribution in [3.63, 3.8) is 0 Å². The number of pyridine rings is 1. The zero-order valence-electron chi connectivity index (χ0n) is 17.8. The van der Waals surface area contributed by atoms with Gasteiger partial charge in [0.25, 0.3) is 5.56 Å². The van der Waals surface area contributed by atoms with E-state index >= 15 is 0 Å². The van der Waals surface area contributed by atoms with Gasteiger partial charge in [-0.3, -0.25) is 19.0 Å². The number of nitrogens with one attached hydrogen (secondary N) is 2. The third kappa shape index (κ3) is 5.22. The molecular weight excluding hydrogens is 480 g/mol. The molecule has 1 aliphatic heterocycles. The van der Waals surface area contributed by atoms with Crippen LogP contribution in [0, 0.1) is 0 Å². The maximum atomic E-state index is 13.1. The molecule has 2 aromatic carbocycles. The van der Waals surface area contributed by atoms with Gasteiger partial charge in [0.1, 0.15) is 0 Å². The van der Waals surface area contributed by atoms with Gasteiger partial charge >= 0.3 is 6.03 Å². The number of carbonyl (C=O) groups excluding carboxylic acids is 1. The third-order valence-electron chi connectivity index (χ3n) is 5.12. The lowest BCUT2D eigenvalue weighted by Gasteiger charge is -2.11. The number of aromatic nitrogens is 1. The monoisotopic (exact) mass is 500 g/mol. The lowest BCUT2D eigenvalue weighted by Crippen LogP contribution is -2.30. The van der Waals surface area contributed by atoms with Crippen LogP contribution < -0.4 is 15.6 Å². The number of rotatable bonds is 6. The van der Waals surface area contributed by atoms with E-state index in [1.54, 1.807) is 35.0 Å². The predicted molar refractivity (Wildman–Crippen MR) is 137 cm³/mol. The molecule has 0 saturated carbocycles. The summed E-state index contributed by atoms with van der Waals surface area (Å²) in [6.45, 7) is 8.79. The molecule has 0 bridgehead atoms. The van der Waals surface area contributed by atoms with Crippen molar-refractivity contribution in [1.82, 2.24) is 14.2 Å². The van der Waals surface area contributed by atoms with Crippen LogP contribution in [0.5, 0.6) is 0 Å². The van der Waals surface area contributed by atoms with E-state index in [1.807, 2.05) is 12.1 Å². The van der Waals surface area contributed by atoms with Gasteiger partial charge in [0.15, 0.2) is 11.0 Å². The summed E-state index contributed by atoms with van der Waals surface area (Å²) in [6, 6.07) is 12.1. The summed E-state index contributed by atoms with van der Waals surface area (Å²) < 4.78 is 16.2. The first-order valence-corrected chi connectivity index (χ1v) is 12.2. The van der Waals surface area contributed by atoms with Crippen LogP contribution in [-0.4, -0.2) is 26.8 Å². The number of thioether (sulfide) groups is 1. The Morgan fingerprint density at radius 2 is 1.79 bits per heavy atom. The highest BCUT2D eigenvalue weighted by atomic mass is 35.5. The molecule has 170 valence electrons. The SMILES string of the molecule is C=C(Cl)SC(=C)S(=O)NC(=O)Nc1ccc(-n2ccc3cc4c(cc3c2=O)CN(C)C4)cc1. The van der Waals surface area contributed by atoms with Crippen LogP contribution in [0.15, 0.2) is 75.2 Å². The summed E-state index contributed by atoms with van der Waals surface area (Å²) >= 11 is 6.56. The third-order valence-corrected chi connectivity index (χ3v) is 7.29. The molecule has 2 N–H and O–H groups in total. The van der Waals surface area contributed by atoms with E-state index in [1.165, 1.54) is 11.1 Å². The summed E-state index contributed by atoms with van der Waals surface area (Å²) in [5, 5.41) is 4.19. The van der Waals surface area contributed by atoms with E-state index in [0.717, 1.165) is 30.2 Å². The fourth-order valence-corrected chi connectivity index (χ4v) is 5.41. The van der Waals surface area contributed by atoms with Crippen molar-refractivity contribution in [2.75, 3.05) is 12.4 Å². The first-order chi connectivity index (χ1) is 15.7. The molecule has 1 aromatic heterocycles. The van der Waals surface area contributed by atoms with Gasteiger partial charge in [-0.25, -0.2) is 9.00 Å². The Labute approximate surface area is 202 Å². The Balaban J connectivity index is 1.50. The molecule has 3 aromatic rings. The Hall–Kier alpha value is -2.85. The summed E-state index contributed by atoms with van der Waals surface area (Å²) in [6.07, 6.45) is 1.75. The largest absolute Gasteiger partial charge is 0.331 e. The number of urea groups is 1. The summed E-state index contributed by atoms with van der Waals surface area (Å²) in [7, 11) is 0.229. The quantitative estimate of drug-likeness (QED) is 0.515. The Morgan fingerprint density at radius 1 is 1.12 bits per heavy atom. The second kappa shape index (κ2) is 9.56. The fraction of sp³-hybridized carbons (Fsp3) is 0.130. The summed E-state index contributed by atoms with van der Waals surface area (Å²) in [5.41, 5.74) is 3.48. The van der Waals surface area contributed by atoms with Crippen molar-refractivity contribution in [2.24, 2.45) is 0 Å². The first kappa shape index (κ1) is 23.3. The van der Waals surface area contributed by atoms with Crippen LogP contribution in [0.1, 0.15) is 11.1 Å². The molecule has 2 heterocycles. The van der Waals surface area contributed by atoms with E-state index < -0.39 is 17.0 Å². The second-order valence-electron chi connectivity index (χ2n) is 7.57. The van der Waals surface area contributed by atoms with Crippen LogP contribution in [0.3, 0.4) is 0 Å². The minimum absolute atomic E-state index is 0.101. The number of nitrogens with zero attached hydrogens (tertiary/aromatic N) is 2. The highest BCUT2D eigenvalue weighted by molar-refractivity contribution is 8.19. The van der Waals surface area contributed by atoms with Gasteiger partial charge in [0.2, 0.25) is 0 Å². The normalized spacial score (nSPS) is 14.0. The van der Waals surface area contributed by atoms with Gasteiger partial charge in [-0.2, -0.15) is 0 Å². The lowest BCUT2D eigenvalue weighted by molar-refractivity contribution is 0.257. The molecule has 2 amide bonds. The first-order valence-electron chi connectivity index (χ1n) is 9.88. The molecule has 7 nitrogen and oxygen atoms in total. The predicted octanol–water partition coefficient (Wildman–Crippen LogP) is 4.64. The van der Waals surface area contributed by atoms with Crippen LogP contribution >= 0.6 is 23.4 Å². The molecule has 0 saturated heterocycles. The number of hydrogen-bond donors (Lipinski definition) is 2. The van der Waals surface area contributed by atoms with Crippen LogP contribution in [-0.2, 0) is 24.1 Å². The van der Waals surface area contributed by atoms with Crippen molar-refractivity contribution in [3.05, 3.63) is 91.9 Å². The molecule has 1 aliphatic rings. The van der Waals surface area contributed by atoms with E-state index in [9.17, 15) is 13.8 Å². The van der Waals surface area contributed by atoms with Crippen LogP contribution in [0.4, 0.5) is 10.5 Å². The van der Waals surface area contributed by atoms with Gasteiger partial charge in [-0.15, -0.1) is 0 Å². The number of anilines is 1. The van der Waals surface area contributed by atoms with Gasteiger partial charge in [-0.1, -0.05) is 36.5 Å². The molecule has 0 aliphatic carbocycles. The van der Waals surface area contributed by atoms with Crippen molar-refractivity contribution < 1.29 is 9.00 Å². The Bertz CT molecular complexity index is 1370. The van der Waals surface area contributed by atoms with E-state index in [4.69, 9.17) is 11.6 Å². The smallest absolute Gasteiger partial charge is 0.307 e. The van der Waals surface area contributed by atoms with E-state index in [0.29, 0.717) is 16.8 Å².